The Hall–Kier alpha value is -3.64. The van der Waals surface area contributed by atoms with Crippen LogP contribution in [0.25, 0.3) is 10.8 Å². The van der Waals surface area contributed by atoms with Crippen LogP contribution >= 0.6 is 0 Å². The first-order valence-electron chi connectivity index (χ1n) is 25.2. The fourth-order valence-corrected chi connectivity index (χ4v) is 3.19. The maximum atomic E-state index is 2.20. The number of benzene rings is 5. The quantitative estimate of drug-likeness (QED) is 0.166. The van der Waals surface area contributed by atoms with Crippen molar-refractivity contribution in [1.29, 1.82) is 0 Å². The summed E-state index contributed by atoms with van der Waals surface area (Å²) in [4.78, 5) is 0. The molecule has 0 radical (unpaired) electrons. The molecule has 0 saturated heterocycles. The minimum atomic E-state index is 0.659. The molecule has 0 aliphatic heterocycles. The van der Waals surface area contributed by atoms with E-state index in [0.29, 0.717) is 11.8 Å². The molecule has 0 heteroatoms. The van der Waals surface area contributed by atoms with E-state index in [9.17, 15) is 0 Å². The first-order chi connectivity index (χ1) is 29.7. The van der Waals surface area contributed by atoms with Crippen LogP contribution in [0.3, 0.4) is 0 Å². The van der Waals surface area contributed by atoms with Gasteiger partial charge in [0.15, 0.2) is 0 Å². The Morgan fingerprint density at radius 1 is 0.188 bits per heavy atom. The SMILES string of the molecule is CC.CC(C)C.CC(C)C.CC(C)C.CC(C)C.CC(C)C.CC(C)C.CC(C)C.CC(C)c1ccccc1.CC(C)c1ccccc1.c1ccc2ccccc2c1.c1ccccc1. The predicted octanol–water partition coefficient (Wildman–Crippen LogP) is 22.8. The highest BCUT2D eigenvalue weighted by Gasteiger charge is 1.94. The summed E-state index contributed by atoms with van der Waals surface area (Å²) in [6.45, 7) is 58.3. The van der Waals surface area contributed by atoms with Gasteiger partial charge in [-0.15, -0.1) is 0 Å². The van der Waals surface area contributed by atoms with Gasteiger partial charge < -0.3 is 0 Å². The van der Waals surface area contributed by atoms with Crippen molar-refractivity contribution < 1.29 is 0 Å². The lowest BCUT2D eigenvalue weighted by atomic mass is 10.0. The summed E-state index contributed by atoms with van der Waals surface area (Å²) in [5.41, 5.74) is 2.83. The molecule has 5 aromatic carbocycles. The monoisotopic (exact) mass is 883 g/mol. The van der Waals surface area contributed by atoms with E-state index in [2.05, 4.69) is 270 Å². The van der Waals surface area contributed by atoms with E-state index < -0.39 is 0 Å². The maximum absolute atomic E-state index is 2.20. The molecule has 0 aliphatic rings. The molecule has 0 spiro atoms. The zero-order chi connectivity index (χ0) is 51.5. The fraction of sp³-hybridized carbons (Fsp3) is 0.562. The van der Waals surface area contributed by atoms with Crippen molar-refractivity contribution in [1.82, 2.24) is 0 Å². The standard InChI is InChI=1S/C10H8.2C9H12.C6H6.7C4H10.C2H6/c1-2-6-10-8-4-3-7-9(10)5-1;2*1-8(2)9-6-4-3-5-7-9;1-2-4-6-5-3-1;7*1-4(2)3;1-2/h1-8H;2*3-8H,1-2H3;1-6H;7*4H,1-3H3;1-2H3. The third-order valence-electron chi connectivity index (χ3n) is 5.26. The average Bonchev–Trinajstić information content (AvgIpc) is 3.19. The Morgan fingerprint density at radius 3 is 0.406 bits per heavy atom. The second-order valence-corrected chi connectivity index (χ2v) is 20.8. The summed E-state index contributed by atoms with van der Waals surface area (Å²) in [6, 6.07) is 49.8. The van der Waals surface area contributed by atoms with Crippen LogP contribution in [0, 0.1) is 41.4 Å². The van der Waals surface area contributed by atoms with Crippen LogP contribution in [0.1, 0.15) is 210 Å². The van der Waals surface area contributed by atoms with Gasteiger partial charge in [0.1, 0.15) is 0 Å². The number of rotatable bonds is 2. The Kier molecular flexibility index (Phi) is 67.0. The number of hydrogen-bond acceptors (Lipinski definition) is 0. The maximum Gasteiger partial charge on any atom is -0.0184 e. The number of hydrogen-bond donors (Lipinski definition) is 0. The predicted molar refractivity (Wildman–Crippen MR) is 306 cm³/mol. The molecule has 0 unspecified atom stereocenters. The van der Waals surface area contributed by atoms with E-state index in [-0.39, 0.29) is 0 Å². The lowest BCUT2D eigenvalue weighted by Gasteiger charge is -2.01. The van der Waals surface area contributed by atoms with Crippen molar-refractivity contribution in [3.63, 3.8) is 0 Å². The Morgan fingerprint density at radius 2 is 0.297 bits per heavy atom. The van der Waals surface area contributed by atoms with Gasteiger partial charge in [-0.3, -0.25) is 0 Å². The summed E-state index contributed by atoms with van der Waals surface area (Å²) in [7, 11) is 0. The van der Waals surface area contributed by atoms with Crippen molar-refractivity contribution in [2.24, 2.45) is 41.4 Å². The summed E-state index contributed by atoms with van der Waals surface area (Å²) >= 11 is 0. The van der Waals surface area contributed by atoms with Gasteiger partial charge in [-0.25, -0.2) is 0 Å². The van der Waals surface area contributed by atoms with Crippen molar-refractivity contribution in [3.8, 4) is 0 Å². The molecular formula is C64H114. The lowest BCUT2D eigenvalue weighted by Crippen LogP contribution is -1.83. The highest BCUT2D eigenvalue weighted by atomic mass is 14.0. The molecule has 5 aromatic rings. The Labute approximate surface area is 405 Å². The van der Waals surface area contributed by atoms with E-state index in [1.54, 1.807) is 0 Å². The minimum Gasteiger partial charge on any atom is -0.0683 e. The first-order valence-corrected chi connectivity index (χ1v) is 25.2. The summed E-state index contributed by atoms with van der Waals surface area (Å²) < 4.78 is 0. The van der Waals surface area contributed by atoms with Crippen LogP contribution in [0.4, 0.5) is 0 Å². The van der Waals surface area contributed by atoms with Gasteiger partial charge in [0.05, 0.1) is 0 Å². The highest BCUT2D eigenvalue weighted by Crippen LogP contribution is 2.13. The van der Waals surface area contributed by atoms with E-state index in [1.165, 1.54) is 21.9 Å². The van der Waals surface area contributed by atoms with Gasteiger partial charge >= 0.3 is 0 Å². The molecular weight excluding hydrogens is 769 g/mol. The third kappa shape index (κ3) is 97.6. The fourth-order valence-electron chi connectivity index (χ4n) is 3.19. The second kappa shape index (κ2) is 57.4. The molecule has 0 heterocycles. The summed E-state index contributed by atoms with van der Waals surface area (Å²) in [5.74, 6) is 7.15. The molecule has 0 amide bonds. The largest absolute Gasteiger partial charge is 0.0683 e. The van der Waals surface area contributed by atoms with E-state index >= 15 is 0 Å². The average molecular weight is 884 g/mol. The first kappa shape index (κ1) is 74.7. The van der Waals surface area contributed by atoms with Crippen LogP contribution in [0.2, 0.25) is 0 Å². The number of fused-ring (bicyclic) bond motifs is 1. The molecule has 0 nitrogen and oxygen atoms in total. The van der Waals surface area contributed by atoms with Gasteiger partial charge in [0.2, 0.25) is 0 Å². The molecule has 64 heavy (non-hydrogen) atoms. The molecule has 0 aliphatic carbocycles. The van der Waals surface area contributed by atoms with Crippen LogP contribution in [-0.4, -0.2) is 0 Å². The van der Waals surface area contributed by atoms with Crippen molar-refractivity contribution in [2.45, 2.75) is 199 Å². The molecule has 0 bridgehead atoms. The molecule has 0 N–H and O–H groups in total. The molecule has 0 saturated carbocycles. The summed E-state index contributed by atoms with van der Waals surface area (Å²) in [5, 5.41) is 2.62. The van der Waals surface area contributed by atoms with Crippen molar-refractivity contribution >= 4 is 10.8 Å². The molecule has 5 rings (SSSR count). The zero-order valence-corrected chi connectivity index (χ0v) is 48.1. The van der Waals surface area contributed by atoms with Gasteiger partial charge in [-0.2, -0.15) is 0 Å². The smallest absolute Gasteiger partial charge is 0.0184 e. The van der Waals surface area contributed by atoms with Gasteiger partial charge in [-0.05, 0) is 75.2 Å². The Balaban J connectivity index is -0.000000114. The van der Waals surface area contributed by atoms with E-state index in [0.717, 1.165) is 41.4 Å². The topological polar surface area (TPSA) is 0 Å². The van der Waals surface area contributed by atoms with Gasteiger partial charge in [-0.1, -0.05) is 333 Å². The molecule has 370 valence electrons. The molecule has 0 aromatic heterocycles. The lowest BCUT2D eigenvalue weighted by molar-refractivity contribution is 0.736. The van der Waals surface area contributed by atoms with Crippen molar-refractivity contribution in [2.75, 3.05) is 0 Å². The van der Waals surface area contributed by atoms with Crippen LogP contribution in [0.15, 0.2) is 146 Å². The molecule has 0 fully saturated rings. The van der Waals surface area contributed by atoms with Gasteiger partial charge in [0, 0.05) is 0 Å². The second-order valence-electron chi connectivity index (χ2n) is 20.8. The zero-order valence-electron chi connectivity index (χ0n) is 48.1. The van der Waals surface area contributed by atoms with Crippen molar-refractivity contribution in [3.05, 3.63) is 157 Å². The van der Waals surface area contributed by atoms with Crippen LogP contribution in [-0.2, 0) is 0 Å². The third-order valence-corrected chi connectivity index (χ3v) is 5.26. The van der Waals surface area contributed by atoms with Crippen LogP contribution in [0.5, 0.6) is 0 Å². The Bertz CT molecular complexity index is 1240. The highest BCUT2D eigenvalue weighted by molar-refractivity contribution is 5.82. The minimum absolute atomic E-state index is 0.659. The molecule has 0 atom stereocenters. The van der Waals surface area contributed by atoms with E-state index in [1.807, 2.05) is 62.4 Å². The van der Waals surface area contributed by atoms with Gasteiger partial charge in [0.25, 0.3) is 0 Å². The normalized spacial score (nSPS) is 9.19. The van der Waals surface area contributed by atoms with Crippen LogP contribution < -0.4 is 0 Å². The summed E-state index contributed by atoms with van der Waals surface area (Å²) in [6.07, 6.45) is 0. The van der Waals surface area contributed by atoms with E-state index in [4.69, 9.17) is 0 Å².